The fourth-order valence-corrected chi connectivity index (χ4v) is 7.08. The molecule has 0 saturated carbocycles. The lowest BCUT2D eigenvalue weighted by Gasteiger charge is -2.40. The quantitative estimate of drug-likeness (QED) is 0.0201. The summed E-state index contributed by atoms with van der Waals surface area (Å²) in [7, 11) is -4.62. The second-order valence-electron chi connectivity index (χ2n) is 15.7. The molecule has 13 heteroatoms. The number of carbonyl (C=O) groups excluding carboxylic acids is 2. The third kappa shape index (κ3) is 32.5. The lowest BCUT2D eigenvalue weighted by molar-refractivity contribution is -0.297. The van der Waals surface area contributed by atoms with Crippen LogP contribution in [0.25, 0.3) is 0 Å². The Morgan fingerprint density at radius 3 is 1.58 bits per heavy atom. The molecule has 0 aromatic rings. The smallest absolute Gasteiger partial charge is 0.306 e. The van der Waals surface area contributed by atoms with Gasteiger partial charge < -0.3 is 34.3 Å². The van der Waals surface area contributed by atoms with E-state index in [0.717, 1.165) is 57.8 Å². The molecule has 2 unspecified atom stereocenters. The SMILES string of the molecule is CC/C=C/C/C=C/C/C=C/C/C=C/C/C=C/C/C=C/CCC(=O)O[C@H](COC(=O)CCCCCCCCCCC/C=C/CCCC)CO[C@H]1O[C@H](CS(=O)(=O)O)[C@@H](O)C(O)C1O. The summed E-state index contributed by atoms with van der Waals surface area (Å²) >= 11 is 0. The minimum absolute atomic E-state index is 0.0347. The molecule has 0 radical (unpaired) electrons. The number of carbonyl (C=O) groups is 2. The van der Waals surface area contributed by atoms with Crippen LogP contribution in [0, 0.1) is 0 Å². The van der Waals surface area contributed by atoms with Crippen molar-refractivity contribution in [3.63, 3.8) is 0 Å². The van der Waals surface area contributed by atoms with E-state index in [2.05, 4.69) is 80.7 Å². The van der Waals surface area contributed by atoms with E-state index in [1.54, 1.807) is 0 Å². The fraction of sp³-hybridized carbons (Fsp3) is 0.673. The number of ether oxygens (including phenoxy) is 4. The zero-order chi connectivity index (χ0) is 45.5. The number of rotatable bonds is 37. The highest BCUT2D eigenvalue weighted by molar-refractivity contribution is 7.85. The first kappa shape index (κ1) is 56.8. The Morgan fingerprint density at radius 2 is 1.05 bits per heavy atom. The van der Waals surface area contributed by atoms with Crippen molar-refractivity contribution >= 4 is 22.1 Å². The van der Waals surface area contributed by atoms with Crippen LogP contribution in [-0.2, 0) is 38.7 Å². The van der Waals surface area contributed by atoms with Gasteiger partial charge in [-0.1, -0.05) is 157 Å². The number of aliphatic hydroxyl groups is 3. The minimum Gasteiger partial charge on any atom is -0.462 e. The highest BCUT2D eigenvalue weighted by Gasteiger charge is 2.46. The van der Waals surface area contributed by atoms with Gasteiger partial charge in [0.05, 0.1) is 6.61 Å². The van der Waals surface area contributed by atoms with Gasteiger partial charge in [0.25, 0.3) is 10.1 Å². The molecule has 4 N–H and O–H groups in total. The number of esters is 2. The number of hydrogen-bond acceptors (Lipinski definition) is 11. The van der Waals surface area contributed by atoms with Crippen LogP contribution in [0.4, 0.5) is 0 Å². The van der Waals surface area contributed by atoms with Gasteiger partial charge in [0.2, 0.25) is 0 Å². The van der Waals surface area contributed by atoms with E-state index in [-0.39, 0.29) is 19.4 Å². The Labute approximate surface area is 373 Å². The monoisotopic (exact) mass is 893 g/mol. The lowest BCUT2D eigenvalue weighted by Crippen LogP contribution is -2.60. The van der Waals surface area contributed by atoms with Crippen molar-refractivity contribution < 1.29 is 56.8 Å². The molecular weight excluding hydrogens is 813 g/mol. The molecule has 1 rings (SSSR count). The van der Waals surface area contributed by atoms with Crippen molar-refractivity contribution in [3.8, 4) is 0 Å². The zero-order valence-corrected chi connectivity index (χ0v) is 38.5. The molecule has 62 heavy (non-hydrogen) atoms. The van der Waals surface area contributed by atoms with Gasteiger partial charge in [-0.2, -0.15) is 8.42 Å². The van der Waals surface area contributed by atoms with Crippen LogP contribution in [0.15, 0.2) is 85.1 Å². The summed E-state index contributed by atoms with van der Waals surface area (Å²) in [4.78, 5) is 25.4. The third-order valence-electron chi connectivity index (χ3n) is 9.97. The van der Waals surface area contributed by atoms with Crippen LogP contribution < -0.4 is 0 Å². The van der Waals surface area contributed by atoms with E-state index in [9.17, 15) is 37.9 Å². The molecule has 0 spiro atoms. The molecule has 12 nitrogen and oxygen atoms in total. The molecule has 0 aromatic heterocycles. The fourth-order valence-electron chi connectivity index (χ4n) is 6.39. The van der Waals surface area contributed by atoms with Crippen LogP contribution in [0.2, 0.25) is 0 Å². The second kappa shape index (κ2) is 38.3. The third-order valence-corrected chi connectivity index (χ3v) is 10.7. The van der Waals surface area contributed by atoms with Crippen molar-refractivity contribution in [1.82, 2.24) is 0 Å². The molecule has 354 valence electrons. The molecule has 1 saturated heterocycles. The predicted octanol–water partition coefficient (Wildman–Crippen LogP) is 9.67. The first-order chi connectivity index (χ1) is 30.0. The molecule has 6 atom stereocenters. The average Bonchev–Trinajstić information content (AvgIpc) is 3.24. The Morgan fingerprint density at radius 1 is 0.565 bits per heavy atom. The van der Waals surface area contributed by atoms with E-state index in [1.807, 2.05) is 18.2 Å². The molecule has 1 fully saturated rings. The summed E-state index contributed by atoms with van der Waals surface area (Å²) in [5.41, 5.74) is 0. The number of unbranched alkanes of at least 4 members (excludes halogenated alkanes) is 11. The van der Waals surface area contributed by atoms with Gasteiger partial charge >= 0.3 is 11.9 Å². The molecule has 1 heterocycles. The molecule has 0 aromatic carbocycles. The van der Waals surface area contributed by atoms with E-state index in [0.29, 0.717) is 19.3 Å². The van der Waals surface area contributed by atoms with Gasteiger partial charge in [-0.3, -0.25) is 14.1 Å². The van der Waals surface area contributed by atoms with Crippen molar-refractivity contribution in [3.05, 3.63) is 85.1 Å². The maximum Gasteiger partial charge on any atom is 0.306 e. The van der Waals surface area contributed by atoms with E-state index in [4.69, 9.17) is 18.9 Å². The van der Waals surface area contributed by atoms with Crippen LogP contribution in [0.3, 0.4) is 0 Å². The van der Waals surface area contributed by atoms with Gasteiger partial charge in [0, 0.05) is 12.8 Å². The molecular formula is C49H80O12S. The van der Waals surface area contributed by atoms with Gasteiger partial charge in [-0.15, -0.1) is 0 Å². The minimum atomic E-state index is -4.62. The van der Waals surface area contributed by atoms with E-state index >= 15 is 0 Å². The van der Waals surface area contributed by atoms with Gasteiger partial charge in [-0.25, -0.2) is 0 Å². The largest absolute Gasteiger partial charge is 0.462 e. The highest BCUT2D eigenvalue weighted by atomic mass is 32.2. The second-order valence-corrected chi connectivity index (χ2v) is 17.2. The first-order valence-corrected chi connectivity index (χ1v) is 24.8. The van der Waals surface area contributed by atoms with Crippen molar-refractivity contribution in [2.45, 2.75) is 192 Å². The van der Waals surface area contributed by atoms with Gasteiger partial charge in [0.15, 0.2) is 12.4 Å². The molecule has 1 aliphatic heterocycles. The predicted molar refractivity (Wildman–Crippen MR) is 247 cm³/mol. The van der Waals surface area contributed by atoms with Gasteiger partial charge in [-0.05, 0) is 70.6 Å². The van der Waals surface area contributed by atoms with Crippen LogP contribution >= 0.6 is 0 Å². The van der Waals surface area contributed by atoms with Crippen molar-refractivity contribution in [2.24, 2.45) is 0 Å². The summed E-state index contributed by atoms with van der Waals surface area (Å²) in [6.07, 6.45) is 40.6. The average molecular weight is 893 g/mol. The first-order valence-electron chi connectivity index (χ1n) is 23.1. The zero-order valence-electron chi connectivity index (χ0n) is 37.7. The molecule has 1 aliphatic rings. The summed E-state index contributed by atoms with van der Waals surface area (Å²) in [5.74, 6) is -2.11. The molecule has 0 aliphatic carbocycles. The highest BCUT2D eigenvalue weighted by Crippen LogP contribution is 2.24. The summed E-state index contributed by atoms with van der Waals surface area (Å²) < 4.78 is 54.0. The van der Waals surface area contributed by atoms with Crippen LogP contribution in [-0.4, -0.2) is 96.0 Å². The Balaban J connectivity index is 2.50. The van der Waals surface area contributed by atoms with Crippen molar-refractivity contribution in [1.29, 1.82) is 0 Å². The molecule has 0 amide bonds. The summed E-state index contributed by atoms with van der Waals surface area (Å²) in [6, 6.07) is 0. The van der Waals surface area contributed by atoms with E-state index in [1.165, 1.54) is 51.4 Å². The maximum absolute atomic E-state index is 12.8. The van der Waals surface area contributed by atoms with Crippen molar-refractivity contribution in [2.75, 3.05) is 19.0 Å². The normalized spacial score (nSPS) is 20.6. The van der Waals surface area contributed by atoms with Gasteiger partial charge in [0.1, 0.15) is 36.8 Å². The summed E-state index contributed by atoms with van der Waals surface area (Å²) in [5, 5.41) is 30.9. The number of hydrogen-bond donors (Lipinski definition) is 4. The number of allylic oxidation sites excluding steroid dienone is 14. The standard InChI is InChI=1S/C49H80O12S/c1-3-5-7-9-11-13-15-17-19-20-21-22-24-26-28-30-32-34-36-38-45(51)60-42(40-59-49-48(54)47(53)46(52)43(61-49)41-62(55,56)57)39-58-44(50)37-35-33-31-29-27-25-23-18-16-14-12-10-8-6-4-2/h5,7,10-13,17,19,21-22,26,28,32,34,42-43,46-49,52-54H,3-4,6,8-9,14-16,18,20,23-25,27,29-31,33,35-41H2,1-2H3,(H,55,56,57)/b7-5+,12-10+,13-11+,19-17+,22-21+,28-26+,34-32+/t42-,43-,46-,47?,48?,49+/m1/s1. The van der Waals surface area contributed by atoms with Crippen LogP contribution in [0.1, 0.15) is 155 Å². The Hall–Kier alpha value is -3.17. The molecule has 0 bridgehead atoms. The van der Waals surface area contributed by atoms with E-state index < -0.39 is 71.2 Å². The topological polar surface area (TPSA) is 186 Å². The Kier molecular flexibility index (Phi) is 35.1. The lowest BCUT2D eigenvalue weighted by atomic mass is 10.00. The number of aliphatic hydroxyl groups excluding tert-OH is 3. The maximum atomic E-state index is 12.8. The Bertz CT molecular complexity index is 1460. The van der Waals surface area contributed by atoms with Crippen LogP contribution in [0.5, 0.6) is 0 Å². The summed E-state index contributed by atoms with van der Waals surface area (Å²) in [6.45, 7) is 3.54.